The normalized spacial score (nSPS) is 10.2. The van der Waals surface area contributed by atoms with E-state index in [9.17, 15) is 23.6 Å². The van der Waals surface area contributed by atoms with E-state index in [1.165, 1.54) is 12.1 Å². The van der Waals surface area contributed by atoms with E-state index in [0.717, 1.165) is 12.1 Å². The maximum Gasteiger partial charge on any atom is 0.338 e. The van der Waals surface area contributed by atoms with E-state index in [0.29, 0.717) is 11.3 Å². The van der Waals surface area contributed by atoms with Crippen molar-refractivity contribution in [1.82, 2.24) is 0 Å². The topological polar surface area (TPSA) is 98.8 Å². The van der Waals surface area contributed by atoms with Gasteiger partial charge in [-0.2, -0.15) is 0 Å². The fourth-order valence-electron chi connectivity index (χ4n) is 2.46. The van der Waals surface area contributed by atoms with E-state index < -0.39 is 30.1 Å². The number of Topliss-reactive ketones (excluding diaryl/α,β-unsaturated/α-hetero) is 1. The number of ether oxygens (including phenoxy) is 2. The van der Waals surface area contributed by atoms with Gasteiger partial charge in [0.05, 0.1) is 12.2 Å². The van der Waals surface area contributed by atoms with Crippen molar-refractivity contribution in [1.29, 1.82) is 0 Å². The number of hydrogen-bond acceptors (Lipinski definition) is 6. The van der Waals surface area contributed by atoms with Crippen LogP contribution in [0.5, 0.6) is 0 Å². The van der Waals surface area contributed by atoms with Gasteiger partial charge in [-0.15, -0.1) is 0 Å². The molecule has 2 aromatic rings. The van der Waals surface area contributed by atoms with Crippen LogP contribution in [0.15, 0.2) is 48.5 Å². The third-order valence-electron chi connectivity index (χ3n) is 3.99. The maximum absolute atomic E-state index is 12.8. The van der Waals surface area contributed by atoms with Gasteiger partial charge in [-0.05, 0) is 61.9 Å². The molecule has 0 aromatic heterocycles. The van der Waals surface area contributed by atoms with Crippen molar-refractivity contribution >= 4 is 29.3 Å². The molecule has 1 amide bonds. The Kier molecular flexibility index (Phi) is 8.68. The Morgan fingerprint density at radius 3 is 2.13 bits per heavy atom. The molecule has 0 aliphatic heterocycles. The summed E-state index contributed by atoms with van der Waals surface area (Å²) in [4.78, 5) is 47.1. The van der Waals surface area contributed by atoms with Crippen LogP contribution in [0.1, 0.15) is 46.9 Å². The summed E-state index contributed by atoms with van der Waals surface area (Å²) in [6.45, 7) is 1.55. The molecule has 30 heavy (non-hydrogen) atoms. The van der Waals surface area contributed by atoms with Crippen molar-refractivity contribution in [3.05, 3.63) is 65.5 Å². The SMILES string of the molecule is CCOC(=O)c1ccc(NC(=O)CCCC(=O)OCC(=O)c2ccc(F)cc2)cc1. The number of esters is 2. The fraction of sp³-hybridized carbons (Fsp3) is 0.273. The lowest BCUT2D eigenvalue weighted by Crippen LogP contribution is -2.15. The van der Waals surface area contributed by atoms with Crippen LogP contribution in [0, 0.1) is 5.82 Å². The Bertz CT molecular complexity index is 893. The summed E-state index contributed by atoms with van der Waals surface area (Å²) in [7, 11) is 0. The van der Waals surface area contributed by atoms with Crippen molar-refractivity contribution in [2.24, 2.45) is 0 Å². The largest absolute Gasteiger partial charge is 0.462 e. The van der Waals surface area contributed by atoms with E-state index in [1.54, 1.807) is 31.2 Å². The molecule has 1 N–H and O–H groups in total. The van der Waals surface area contributed by atoms with E-state index in [4.69, 9.17) is 9.47 Å². The van der Waals surface area contributed by atoms with Gasteiger partial charge in [-0.3, -0.25) is 14.4 Å². The van der Waals surface area contributed by atoms with Crippen LogP contribution >= 0.6 is 0 Å². The number of halogens is 1. The molecule has 8 heteroatoms. The number of nitrogens with one attached hydrogen (secondary N) is 1. The first kappa shape index (κ1) is 22.7. The summed E-state index contributed by atoms with van der Waals surface area (Å²) in [5.74, 6) is -2.23. The number of carbonyl (C=O) groups excluding carboxylic acids is 4. The Balaban J connectivity index is 1.67. The summed E-state index contributed by atoms with van der Waals surface area (Å²) in [6, 6.07) is 11.2. The average molecular weight is 415 g/mol. The standard InChI is InChI=1S/C22H22FNO6/c1-2-29-22(28)16-8-12-18(13-9-16)24-20(26)4-3-5-21(27)30-14-19(25)15-6-10-17(23)11-7-15/h6-13H,2-5,14H2,1H3,(H,24,26). The first-order valence-electron chi connectivity index (χ1n) is 9.40. The molecule has 7 nitrogen and oxygen atoms in total. The zero-order valence-electron chi connectivity index (χ0n) is 16.5. The van der Waals surface area contributed by atoms with Gasteiger partial charge in [0.1, 0.15) is 5.82 Å². The Morgan fingerprint density at radius 1 is 0.867 bits per heavy atom. The molecule has 2 aromatic carbocycles. The van der Waals surface area contributed by atoms with E-state index in [2.05, 4.69) is 5.32 Å². The molecule has 2 rings (SSSR count). The van der Waals surface area contributed by atoms with Gasteiger partial charge >= 0.3 is 11.9 Å². The van der Waals surface area contributed by atoms with Gasteiger partial charge in [-0.25, -0.2) is 9.18 Å². The van der Waals surface area contributed by atoms with Crippen molar-refractivity contribution < 1.29 is 33.0 Å². The quantitative estimate of drug-likeness (QED) is 0.471. The van der Waals surface area contributed by atoms with Gasteiger partial charge in [0, 0.05) is 24.1 Å². The Morgan fingerprint density at radius 2 is 1.50 bits per heavy atom. The Labute approximate surface area is 173 Å². The van der Waals surface area contributed by atoms with Gasteiger partial charge in [0.2, 0.25) is 5.91 Å². The monoisotopic (exact) mass is 415 g/mol. The number of rotatable bonds is 10. The number of hydrogen-bond donors (Lipinski definition) is 1. The highest BCUT2D eigenvalue weighted by Gasteiger charge is 2.12. The van der Waals surface area contributed by atoms with Crippen molar-refractivity contribution in [2.75, 3.05) is 18.5 Å². The zero-order chi connectivity index (χ0) is 21.9. The molecular weight excluding hydrogens is 393 g/mol. The first-order chi connectivity index (χ1) is 14.4. The fourth-order valence-corrected chi connectivity index (χ4v) is 2.46. The predicted molar refractivity (Wildman–Crippen MR) is 107 cm³/mol. The highest BCUT2D eigenvalue weighted by Crippen LogP contribution is 2.12. The number of ketones is 1. The molecule has 0 radical (unpaired) electrons. The smallest absolute Gasteiger partial charge is 0.338 e. The van der Waals surface area contributed by atoms with E-state index in [-0.39, 0.29) is 37.3 Å². The second-order valence-corrected chi connectivity index (χ2v) is 6.29. The van der Waals surface area contributed by atoms with Crippen LogP contribution in [0.25, 0.3) is 0 Å². The summed E-state index contributed by atoms with van der Waals surface area (Å²) in [5.41, 5.74) is 1.14. The van der Waals surface area contributed by atoms with Crippen molar-refractivity contribution in [2.45, 2.75) is 26.2 Å². The molecule has 0 unspecified atom stereocenters. The minimum Gasteiger partial charge on any atom is -0.462 e. The molecule has 0 spiro atoms. The van der Waals surface area contributed by atoms with Gasteiger partial charge in [-0.1, -0.05) is 0 Å². The van der Waals surface area contributed by atoms with Crippen LogP contribution in [0.3, 0.4) is 0 Å². The van der Waals surface area contributed by atoms with Crippen LogP contribution in [0.4, 0.5) is 10.1 Å². The summed E-state index contributed by atoms with van der Waals surface area (Å²) < 4.78 is 22.6. The Hall–Kier alpha value is -3.55. The van der Waals surface area contributed by atoms with Crippen LogP contribution in [-0.2, 0) is 19.1 Å². The van der Waals surface area contributed by atoms with E-state index >= 15 is 0 Å². The minimum atomic E-state index is -0.600. The van der Waals surface area contributed by atoms with Gasteiger partial charge < -0.3 is 14.8 Å². The van der Waals surface area contributed by atoms with Crippen molar-refractivity contribution in [3.63, 3.8) is 0 Å². The highest BCUT2D eigenvalue weighted by molar-refractivity contribution is 5.98. The molecular formula is C22H22FNO6. The number of anilines is 1. The number of amides is 1. The molecule has 0 aliphatic rings. The van der Waals surface area contributed by atoms with Gasteiger partial charge in [0.25, 0.3) is 0 Å². The summed E-state index contributed by atoms with van der Waals surface area (Å²) in [6.07, 6.45) is 0.308. The number of carbonyl (C=O) groups is 4. The molecule has 0 heterocycles. The highest BCUT2D eigenvalue weighted by atomic mass is 19.1. The molecule has 0 aliphatic carbocycles. The second-order valence-electron chi connectivity index (χ2n) is 6.29. The molecule has 0 saturated heterocycles. The lowest BCUT2D eigenvalue weighted by molar-refractivity contribution is -0.142. The zero-order valence-corrected chi connectivity index (χ0v) is 16.5. The van der Waals surface area contributed by atoms with Crippen LogP contribution in [-0.4, -0.2) is 36.8 Å². The van der Waals surface area contributed by atoms with Gasteiger partial charge in [0.15, 0.2) is 12.4 Å². The minimum absolute atomic E-state index is 0.0219. The molecule has 0 saturated carbocycles. The summed E-state index contributed by atoms with van der Waals surface area (Å²) >= 11 is 0. The van der Waals surface area contributed by atoms with E-state index in [1.807, 2.05) is 0 Å². The predicted octanol–water partition coefficient (Wildman–Crippen LogP) is 3.54. The lowest BCUT2D eigenvalue weighted by atomic mass is 10.1. The van der Waals surface area contributed by atoms with Crippen LogP contribution < -0.4 is 5.32 Å². The van der Waals surface area contributed by atoms with Crippen LogP contribution in [0.2, 0.25) is 0 Å². The second kappa shape index (κ2) is 11.5. The average Bonchev–Trinajstić information content (AvgIpc) is 2.73. The third-order valence-corrected chi connectivity index (χ3v) is 3.99. The lowest BCUT2D eigenvalue weighted by Gasteiger charge is -2.07. The van der Waals surface area contributed by atoms with Crippen molar-refractivity contribution in [3.8, 4) is 0 Å². The maximum atomic E-state index is 12.8. The molecule has 0 bridgehead atoms. The number of benzene rings is 2. The third kappa shape index (κ3) is 7.46. The molecule has 158 valence electrons. The molecule has 0 atom stereocenters. The molecule has 0 fully saturated rings. The summed E-state index contributed by atoms with van der Waals surface area (Å²) in [5, 5.41) is 2.66. The first-order valence-corrected chi connectivity index (χ1v) is 9.40.